The Morgan fingerprint density at radius 1 is 0.274 bits per heavy atom. The molecule has 0 aromatic carbocycles. The van der Waals surface area contributed by atoms with Gasteiger partial charge in [-0.3, -0.25) is 37.3 Å². The van der Waals surface area contributed by atoms with E-state index in [2.05, 4.69) is 186 Å². The zero-order valence-electron chi connectivity index (χ0n) is 66.1. The lowest BCUT2D eigenvalue weighted by atomic mass is 10.1. The molecule has 0 radical (unpaired) electrons. The molecule has 604 valence electrons. The van der Waals surface area contributed by atoms with Gasteiger partial charge in [0.05, 0.1) is 26.4 Å². The zero-order valence-corrected chi connectivity index (χ0v) is 67.8. The lowest BCUT2D eigenvalue weighted by Gasteiger charge is -2.21. The van der Waals surface area contributed by atoms with E-state index in [1.54, 1.807) is 0 Å². The molecule has 3 N–H and O–H groups in total. The lowest BCUT2D eigenvalue weighted by molar-refractivity contribution is -0.161. The van der Waals surface area contributed by atoms with Crippen LogP contribution in [0.2, 0.25) is 0 Å². The Morgan fingerprint density at radius 2 is 0.491 bits per heavy atom. The number of unbranched alkanes of at least 4 members (excludes halogenated alkanes) is 23. The summed E-state index contributed by atoms with van der Waals surface area (Å²) in [5, 5.41) is 10.7. The normalized spacial score (nSPS) is 14.7. The summed E-state index contributed by atoms with van der Waals surface area (Å²) in [6.07, 6.45) is 90.7. The van der Waals surface area contributed by atoms with Crippen molar-refractivity contribution in [3.05, 3.63) is 158 Å². The van der Waals surface area contributed by atoms with Crippen molar-refractivity contribution in [3.8, 4) is 0 Å². The molecule has 0 aliphatic heterocycles. The van der Waals surface area contributed by atoms with Gasteiger partial charge >= 0.3 is 39.5 Å². The van der Waals surface area contributed by atoms with Crippen LogP contribution in [0.5, 0.6) is 0 Å². The summed E-state index contributed by atoms with van der Waals surface area (Å²) in [4.78, 5) is 73.1. The van der Waals surface area contributed by atoms with E-state index in [4.69, 9.17) is 37.0 Å². The number of aliphatic hydroxyl groups is 1. The van der Waals surface area contributed by atoms with Crippen molar-refractivity contribution in [3.63, 3.8) is 0 Å². The minimum atomic E-state index is -5.00. The number of allylic oxidation sites excluding steroid dienone is 26. The smallest absolute Gasteiger partial charge is 0.462 e. The van der Waals surface area contributed by atoms with Crippen molar-refractivity contribution in [2.75, 3.05) is 39.6 Å². The molecule has 0 saturated carbocycles. The number of aliphatic hydroxyl groups excluding tert-OH is 1. The minimum absolute atomic E-state index is 0.0662. The standard InChI is InChI=1S/C87H144O17P2/c1-5-9-13-17-21-25-29-33-37-39-40-42-46-48-52-56-60-64-68-72-85(90)98-78-83(104-87(92)74-70-66-62-58-54-50-44-36-32-28-24-20-16-12-8-4)80-102-106(95,96)100-76-81(88)75-99-105(93,94)101-79-82(103-86(91)73-69-65-61-57-53-49-43-35-31-27-23-19-15-11-7-3)77-97-84(89)71-67-63-59-55-51-47-45-41-38-34-30-26-22-18-14-10-6-2/h9-11,13-15,21-28,33-38,40,42-44,48,52,81-83,88H,5-8,12,16-20,29-32,39,41,45-47,49-51,53-80H2,1-4H3,(H,93,94)(H,95,96)/b13-9-,14-10-,15-11-,25-21-,26-22-,27-23-,28-24-,37-33-,38-34-,42-40-,43-35-,44-36-,52-48-. The van der Waals surface area contributed by atoms with Gasteiger partial charge in [-0.15, -0.1) is 0 Å². The Morgan fingerprint density at radius 3 is 0.764 bits per heavy atom. The molecule has 0 aliphatic carbocycles. The fourth-order valence-corrected chi connectivity index (χ4v) is 11.9. The molecule has 0 spiro atoms. The highest BCUT2D eigenvalue weighted by Gasteiger charge is 2.30. The summed E-state index contributed by atoms with van der Waals surface area (Å²) in [6, 6.07) is 0. The Bertz CT molecular complexity index is 2630. The van der Waals surface area contributed by atoms with Gasteiger partial charge in [-0.25, -0.2) is 9.13 Å². The number of carbonyl (C=O) groups is 4. The van der Waals surface area contributed by atoms with Gasteiger partial charge in [-0.05, 0) is 167 Å². The summed E-state index contributed by atoms with van der Waals surface area (Å²) in [5.41, 5.74) is 0. The second kappa shape index (κ2) is 77.8. The summed E-state index contributed by atoms with van der Waals surface area (Å²) < 4.78 is 68.6. The van der Waals surface area contributed by atoms with E-state index >= 15 is 0 Å². The molecular weight excluding hydrogens is 1380 g/mol. The molecular formula is C87H144O17P2. The Kier molecular flexibility index (Phi) is 73.9. The average Bonchev–Trinajstić information content (AvgIpc) is 0.909. The Hall–Kier alpha value is -5.32. The van der Waals surface area contributed by atoms with Crippen LogP contribution in [-0.4, -0.2) is 96.7 Å². The summed E-state index contributed by atoms with van der Waals surface area (Å²) in [7, 11) is -9.99. The van der Waals surface area contributed by atoms with Gasteiger partial charge in [0.25, 0.3) is 0 Å². The summed E-state index contributed by atoms with van der Waals surface area (Å²) in [6.45, 7) is 4.43. The van der Waals surface area contributed by atoms with Crippen molar-refractivity contribution in [1.29, 1.82) is 0 Å². The van der Waals surface area contributed by atoms with Crippen LogP contribution in [0, 0.1) is 0 Å². The Balaban J connectivity index is 5.43. The fraction of sp³-hybridized carbons (Fsp3) is 0.655. The van der Waals surface area contributed by atoms with Gasteiger partial charge in [0, 0.05) is 25.7 Å². The second-order valence-corrected chi connectivity index (χ2v) is 29.5. The number of phosphoric ester groups is 2. The van der Waals surface area contributed by atoms with E-state index in [-0.39, 0.29) is 25.7 Å². The molecule has 106 heavy (non-hydrogen) atoms. The topological polar surface area (TPSA) is 237 Å². The highest BCUT2D eigenvalue weighted by molar-refractivity contribution is 7.47. The number of phosphoric acid groups is 2. The molecule has 0 rings (SSSR count). The predicted molar refractivity (Wildman–Crippen MR) is 436 cm³/mol. The molecule has 5 unspecified atom stereocenters. The van der Waals surface area contributed by atoms with Crippen molar-refractivity contribution >= 4 is 39.5 Å². The third-order valence-electron chi connectivity index (χ3n) is 16.5. The number of rotatable bonds is 75. The third-order valence-corrected chi connectivity index (χ3v) is 18.4. The molecule has 0 saturated heterocycles. The van der Waals surface area contributed by atoms with Crippen molar-refractivity contribution in [1.82, 2.24) is 0 Å². The molecule has 0 heterocycles. The van der Waals surface area contributed by atoms with Crippen LogP contribution in [0.15, 0.2) is 158 Å². The first-order valence-electron chi connectivity index (χ1n) is 40.7. The number of carbonyl (C=O) groups excluding carboxylic acids is 4. The molecule has 17 nitrogen and oxygen atoms in total. The predicted octanol–water partition coefficient (Wildman–Crippen LogP) is 24.0. The van der Waals surface area contributed by atoms with Crippen molar-refractivity contribution in [2.24, 2.45) is 0 Å². The average molecular weight is 1520 g/mol. The van der Waals surface area contributed by atoms with Gasteiger partial charge in [-0.1, -0.05) is 276 Å². The van der Waals surface area contributed by atoms with Crippen LogP contribution >= 0.6 is 15.6 Å². The quantitative estimate of drug-likeness (QED) is 0.0169. The van der Waals surface area contributed by atoms with Crippen LogP contribution in [0.1, 0.15) is 310 Å². The maximum atomic E-state index is 13.1. The molecule has 0 fully saturated rings. The lowest BCUT2D eigenvalue weighted by Crippen LogP contribution is -2.30. The Labute approximate surface area is 642 Å². The third kappa shape index (κ3) is 76.9. The van der Waals surface area contributed by atoms with E-state index in [0.717, 1.165) is 212 Å². The molecule has 0 aromatic heterocycles. The van der Waals surface area contributed by atoms with Gasteiger partial charge in [-0.2, -0.15) is 0 Å². The maximum absolute atomic E-state index is 13.1. The fourth-order valence-electron chi connectivity index (χ4n) is 10.4. The van der Waals surface area contributed by atoms with Crippen LogP contribution in [-0.2, 0) is 65.4 Å². The largest absolute Gasteiger partial charge is 0.472 e. The van der Waals surface area contributed by atoms with Gasteiger partial charge in [0.2, 0.25) is 0 Å². The SMILES string of the molecule is CC/C=C\C/C=C\C/C=C\C/C=C\C/C=C\CCCCCC(=O)OCC(COP(=O)(O)OCC(O)COP(=O)(O)OCC(COC(=O)CCCCCCCCC/C=C\C/C=C\C/C=C\CC)OC(=O)CCCCCCC/C=C\C/C=C\C/C=C\CC)OC(=O)CCCCCCC/C=C\C/C=C\CCCCC. The number of hydrogen-bond acceptors (Lipinski definition) is 15. The van der Waals surface area contributed by atoms with E-state index < -0.39 is 97.5 Å². The molecule has 0 bridgehead atoms. The first-order chi connectivity index (χ1) is 51.7. The van der Waals surface area contributed by atoms with E-state index in [9.17, 15) is 43.2 Å². The van der Waals surface area contributed by atoms with Gasteiger partial charge in [0.1, 0.15) is 19.3 Å². The molecule has 0 aromatic rings. The number of hydrogen-bond donors (Lipinski definition) is 3. The summed E-state index contributed by atoms with van der Waals surface area (Å²) >= 11 is 0. The van der Waals surface area contributed by atoms with Crippen molar-refractivity contribution in [2.45, 2.75) is 329 Å². The van der Waals surface area contributed by atoms with Gasteiger partial charge < -0.3 is 33.8 Å². The second-order valence-electron chi connectivity index (χ2n) is 26.6. The first-order valence-corrected chi connectivity index (χ1v) is 43.7. The van der Waals surface area contributed by atoms with Gasteiger partial charge in [0.15, 0.2) is 12.2 Å². The molecule has 0 amide bonds. The van der Waals surface area contributed by atoms with Crippen LogP contribution in [0.3, 0.4) is 0 Å². The van der Waals surface area contributed by atoms with Crippen LogP contribution < -0.4 is 0 Å². The van der Waals surface area contributed by atoms with Crippen molar-refractivity contribution < 1.29 is 80.2 Å². The molecule has 19 heteroatoms. The molecule has 5 atom stereocenters. The monoisotopic (exact) mass is 1520 g/mol. The van der Waals surface area contributed by atoms with Crippen LogP contribution in [0.4, 0.5) is 0 Å². The highest BCUT2D eigenvalue weighted by Crippen LogP contribution is 2.45. The number of esters is 4. The number of ether oxygens (including phenoxy) is 4. The van der Waals surface area contributed by atoms with Crippen LogP contribution in [0.25, 0.3) is 0 Å². The highest BCUT2D eigenvalue weighted by atomic mass is 31.2. The minimum Gasteiger partial charge on any atom is -0.462 e. The first kappa shape index (κ1) is 101. The van der Waals surface area contributed by atoms with E-state index in [1.807, 2.05) is 0 Å². The van der Waals surface area contributed by atoms with E-state index in [0.29, 0.717) is 25.7 Å². The van der Waals surface area contributed by atoms with E-state index in [1.165, 1.54) is 19.3 Å². The zero-order chi connectivity index (χ0) is 77.4. The molecule has 0 aliphatic rings. The summed E-state index contributed by atoms with van der Waals surface area (Å²) in [5.74, 6) is -2.26. The maximum Gasteiger partial charge on any atom is 0.472 e.